The van der Waals surface area contributed by atoms with Crippen molar-refractivity contribution < 1.29 is 24.2 Å². The van der Waals surface area contributed by atoms with E-state index in [0.717, 1.165) is 11.3 Å². The number of methoxy groups -OCH3 is 2. The number of nitrogens with one attached hydrogen (secondary N) is 1. The van der Waals surface area contributed by atoms with E-state index in [-0.39, 0.29) is 24.2 Å². The SMILES string of the molecule is CCOC(=O)N(C=NO)Nc1nc(OC)ncc1OC. The highest BCUT2D eigenvalue weighted by Crippen LogP contribution is 2.22. The molecule has 0 unspecified atom stereocenters. The molecule has 1 aromatic heterocycles. The fraction of sp³-hybridized carbons (Fsp3) is 0.400. The Hall–Kier alpha value is -2.78. The summed E-state index contributed by atoms with van der Waals surface area (Å²) in [5.74, 6) is 0.388. The van der Waals surface area contributed by atoms with Gasteiger partial charge in [-0.15, -0.1) is 0 Å². The van der Waals surface area contributed by atoms with Gasteiger partial charge in [-0.25, -0.2) is 4.79 Å². The minimum Gasteiger partial charge on any atom is -0.491 e. The molecule has 0 fully saturated rings. The van der Waals surface area contributed by atoms with Crippen molar-refractivity contribution in [1.82, 2.24) is 15.0 Å². The predicted octanol–water partition coefficient (Wildman–Crippen LogP) is 0.697. The molecule has 0 atom stereocenters. The molecule has 0 aliphatic rings. The summed E-state index contributed by atoms with van der Waals surface area (Å²) in [6.45, 7) is 1.79. The first kappa shape index (κ1) is 15.3. The van der Waals surface area contributed by atoms with Crippen LogP contribution in [0.3, 0.4) is 0 Å². The van der Waals surface area contributed by atoms with Gasteiger partial charge in [0.2, 0.25) is 0 Å². The summed E-state index contributed by atoms with van der Waals surface area (Å²) < 4.78 is 14.7. The topological polar surface area (TPSA) is 118 Å². The van der Waals surface area contributed by atoms with Crippen LogP contribution < -0.4 is 14.9 Å². The average Bonchev–Trinajstić information content (AvgIpc) is 2.46. The van der Waals surface area contributed by atoms with E-state index >= 15 is 0 Å². The molecule has 0 spiro atoms. The maximum absolute atomic E-state index is 11.6. The quantitative estimate of drug-likeness (QED) is 0.339. The molecule has 1 aromatic rings. The number of hydrazine groups is 1. The van der Waals surface area contributed by atoms with Crippen LogP contribution in [0.4, 0.5) is 10.6 Å². The van der Waals surface area contributed by atoms with Crippen LogP contribution in [0.25, 0.3) is 0 Å². The summed E-state index contributed by atoms with van der Waals surface area (Å²) in [6.07, 6.45) is 1.38. The number of anilines is 1. The molecule has 0 saturated carbocycles. The van der Waals surface area contributed by atoms with Crippen molar-refractivity contribution in [2.75, 3.05) is 26.3 Å². The highest BCUT2D eigenvalue weighted by atomic mass is 16.6. The molecule has 20 heavy (non-hydrogen) atoms. The van der Waals surface area contributed by atoms with E-state index in [0.29, 0.717) is 0 Å². The highest BCUT2D eigenvalue weighted by Gasteiger charge is 2.17. The summed E-state index contributed by atoms with van der Waals surface area (Å²) in [5, 5.41) is 12.1. The number of aromatic nitrogens is 2. The summed E-state index contributed by atoms with van der Waals surface area (Å²) >= 11 is 0. The highest BCUT2D eigenvalue weighted by molar-refractivity contribution is 5.84. The summed E-state index contributed by atoms with van der Waals surface area (Å²) in [5.41, 5.74) is 2.55. The zero-order chi connectivity index (χ0) is 15.0. The lowest BCUT2D eigenvalue weighted by atomic mass is 10.5. The number of carbonyl (C=O) groups excluding carboxylic acids is 1. The Morgan fingerprint density at radius 3 is 2.85 bits per heavy atom. The summed E-state index contributed by atoms with van der Waals surface area (Å²) in [6, 6.07) is 0.0676. The number of hydrogen-bond donors (Lipinski definition) is 2. The first-order valence-corrected chi connectivity index (χ1v) is 5.51. The van der Waals surface area contributed by atoms with Crippen molar-refractivity contribution >= 4 is 18.2 Å². The number of carbonyl (C=O) groups is 1. The molecule has 0 aliphatic carbocycles. The van der Waals surface area contributed by atoms with Crippen molar-refractivity contribution in [1.29, 1.82) is 0 Å². The van der Waals surface area contributed by atoms with Gasteiger partial charge in [0.15, 0.2) is 17.9 Å². The van der Waals surface area contributed by atoms with Gasteiger partial charge in [-0.2, -0.15) is 15.0 Å². The van der Waals surface area contributed by atoms with Gasteiger partial charge >= 0.3 is 12.1 Å². The van der Waals surface area contributed by atoms with Gasteiger partial charge in [0.25, 0.3) is 0 Å². The number of oxime groups is 1. The number of hydrogen-bond acceptors (Lipinski definition) is 9. The lowest BCUT2D eigenvalue weighted by molar-refractivity contribution is 0.133. The lowest BCUT2D eigenvalue weighted by Gasteiger charge is -2.18. The van der Waals surface area contributed by atoms with E-state index in [9.17, 15) is 4.79 Å². The fourth-order valence-electron chi connectivity index (χ4n) is 1.16. The maximum Gasteiger partial charge on any atom is 0.434 e. The van der Waals surface area contributed by atoms with Crippen LogP contribution in [-0.2, 0) is 4.74 Å². The smallest absolute Gasteiger partial charge is 0.434 e. The van der Waals surface area contributed by atoms with Gasteiger partial charge in [-0.1, -0.05) is 5.16 Å². The second-order valence-corrected chi connectivity index (χ2v) is 3.19. The Morgan fingerprint density at radius 2 is 2.30 bits per heavy atom. The Kier molecular flexibility index (Phi) is 5.81. The molecule has 1 amide bonds. The standard InChI is InChI=1S/C10H15N5O5/c1-4-20-10(16)15(6-12-17)14-8-7(18-2)5-11-9(13-8)19-3/h5-6,17H,4H2,1-3H3,(H,11,13,14). The second-order valence-electron chi connectivity index (χ2n) is 3.19. The zero-order valence-corrected chi connectivity index (χ0v) is 11.2. The Morgan fingerprint density at radius 1 is 1.55 bits per heavy atom. The zero-order valence-electron chi connectivity index (χ0n) is 11.2. The van der Waals surface area contributed by atoms with Crippen LogP contribution in [-0.4, -0.2) is 53.4 Å². The molecule has 110 valence electrons. The van der Waals surface area contributed by atoms with E-state index in [4.69, 9.17) is 19.4 Å². The van der Waals surface area contributed by atoms with E-state index in [2.05, 4.69) is 20.5 Å². The molecule has 0 saturated heterocycles. The molecule has 0 radical (unpaired) electrons. The first-order valence-electron chi connectivity index (χ1n) is 5.51. The van der Waals surface area contributed by atoms with E-state index < -0.39 is 6.09 Å². The minimum absolute atomic E-state index is 0.0676. The molecular weight excluding hydrogens is 270 g/mol. The van der Waals surface area contributed by atoms with Crippen LogP contribution in [0, 0.1) is 0 Å². The monoisotopic (exact) mass is 285 g/mol. The van der Waals surface area contributed by atoms with Gasteiger partial charge in [-0.3, -0.25) is 5.43 Å². The van der Waals surface area contributed by atoms with Crippen molar-refractivity contribution in [2.24, 2.45) is 5.16 Å². The lowest BCUT2D eigenvalue weighted by Crippen LogP contribution is -2.36. The van der Waals surface area contributed by atoms with Gasteiger partial charge in [0.1, 0.15) is 0 Å². The number of nitrogens with zero attached hydrogens (tertiary/aromatic N) is 4. The first-order chi connectivity index (χ1) is 9.65. The van der Waals surface area contributed by atoms with Gasteiger partial charge in [-0.05, 0) is 6.92 Å². The molecular formula is C10H15N5O5. The van der Waals surface area contributed by atoms with Crippen LogP contribution in [0.15, 0.2) is 11.4 Å². The van der Waals surface area contributed by atoms with Crippen molar-refractivity contribution in [3.05, 3.63) is 6.20 Å². The maximum atomic E-state index is 11.6. The van der Waals surface area contributed by atoms with Crippen LogP contribution >= 0.6 is 0 Å². The average molecular weight is 285 g/mol. The second kappa shape index (κ2) is 7.61. The molecule has 0 aromatic carbocycles. The molecule has 10 nitrogen and oxygen atoms in total. The number of amides is 1. The third-order valence-electron chi connectivity index (χ3n) is 1.99. The Balaban J connectivity index is 3.00. The van der Waals surface area contributed by atoms with Crippen LogP contribution in [0.1, 0.15) is 6.92 Å². The van der Waals surface area contributed by atoms with E-state index in [1.165, 1.54) is 20.4 Å². The van der Waals surface area contributed by atoms with Crippen molar-refractivity contribution in [3.8, 4) is 11.8 Å². The molecule has 1 rings (SSSR count). The number of rotatable bonds is 6. The molecule has 0 bridgehead atoms. The summed E-state index contributed by atoms with van der Waals surface area (Å²) in [4.78, 5) is 19.4. The minimum atomic E-state index is -0.787. The molecule has 0 aliphatic heterocycles. The van der Waals surface area contributed by atoms with Crippen LogP contribution in [0.2, 0.25) is 0 Å². The predicted molar refractivity (Wildman–Crippen MR) is 67.9 cm³/mol. The van der Waals surface area contributed by atoms with Gasteiger partial charge in [0.05, 0.1) is 27.0 Å². The number of ether oxygens (including phenoxy) is 3. The third-order valence-corrected chi connectivity index (χ3v) is 1.99. The summed E-state index contributed by atoms with van der Waals surface area (Å²) in [7, 11) is 2.80. The van der Waals surface area contributed by atoms with E-state index in [1.54, 1.807) is 6.92 Å². The van der Waals surface area contributed by atoms with Crippen molar-refractivity contribution in [3.63, 3.8) is 0 Å². The van der Waals surface area contributed by atoms with Crippen LogP contribution in [0.5, 0.6) is 11.8 Å². The largest absolute Gasteiger partial charge is 0.491 e. The fourth-order valence-corrected chi connectivity index (χ4v) is 1.16. The molecule has 10 heteroatoms. The van der Waals surface area contributed by atoms with Crippen molar-refractivity contribution in [2.45, 2.75) is 6.92 Å². The molecule has 2 N–H and O–H groups in total. The molecule has 1 heterocycles. The van der Waals surface area contributed by atoms with Gasteiger partial charge in [0, 0.05) is 0 Å². The third kappa shape index (κ3) is 3.86. The Labute approximate surface area is 114 Å². The Bertz CT molecular complexity index is 481. The van der Waals surface area contributed by atoms with Gasteiger partial charge < -0.3 is 19.4 Å². The van der Waals surface area contributed by atoms with E-state index in [1.807, 2.05) is 0 Å². The normalized spacial score (nSPS) is 10.2.